The lowest BCUT2D eigenvalue weighted by Gasteiger charge is -2.30. The Balaban J connectivity index is 0.00000225. The van der Waals surface area contributed by atoms with Gasteiger partial charge in [0.1, 0.15) is 0 Å². The van der Waals surface area contributed by atoms with E-state index in [1.807, 2.05) is 6.07 Å². The van der Waals surface area contributed by atoms with Crippen molar-refractivity contribution in [3.8, 4) is 0 Å². The monoisotopic (exact) mass is 366 g/mol. The van der Waals surface area contributed by atoms with Gasteiger partial charge in [0.2, 0.25) is 5.91 Å². The van der Waals surface area contributed by atoms with E-state index >= 15 is 0 Å². The molecule has 0 bridgehead atoms. The minimum atomic E-state index is 0. The molecule has 4 nitrogen and oxygen atoms in total. The number of carbonyl (C=O) groups excluding carboxylic acids is 1. The maximum Gasteiger partial charge on any atom is 0.222 e. The highest BCUT2D eigenvalue weighted by Crippen LogP contribution is 2.20. The molecule has 1 aromatic rings. The molecule has 0 spiro atoms. The predicted octanol–water partition coefficient (Wildman–Crippen LogP) is 3.25. The van der Waals surface area contributed by atoms with Crippen molar-refractivity contribution in [1.82, 2.24) is 10.2 Å². The van der Waals surface area contributed by atoms with E-state index in [9.17, 15) is 4.79 Å². The molecule has 5 heteroatoms. The van der Waals surface area contributed by atoms with Gasteiger partial charge in [-0.25, -0.2) is 0 Å². The SMILES string of the molecule is Cl.O=C(CCC1CCNC1)N(Cc1ccccc1)CC1CCOCC1. The standard InChI is InChI=1S/C20H30N2O2.ClH/c23-20(7-6-17-8-11-21-14-17)22(15-18-4-2-1-3-5-18)16-19-9-12-24-13-10-19;/h1-5,17,19,21H,6-16H2;1H. The number of hydrogen-bond acceptors (Lipinski definition) is 3. The Hall–Kier alpha value is -1.10. The van der Waals surface area contributed by atoms with E-state index in [0.717, 1.165) is 58.7 Å². The Morgan fingerprint density at radius 3 is 2.56 bits per heavy atom. The van der Waals surface area contributed by atoms with Crippen LogP contribution >= 0.6 is 12.4 Å². The fourth-order valence-corrected chi connectivity index (χ4v) is 3.75. The van der Waals surface area contributed by atoms with Crippen molar-refractivity contribution in [2.24, 2.45) is 11.8 Å². The fraction of sp³-hybridized carbons (Fsp3) is 0.650. The first-order valence-corrected chi connectivity index (χ1v) is 9.41. The zero-order valence-corrected chi connectivity index (χ0v) is 15.8. The Bertz CT molecular complexity index is 500. The first kappa shape index (κ1) is 20.2. The van der Waals surface area contributed by atoms with Crippen molar-refractivity contribution in [2.75, 3.05) is 32.8 Å². The van der Waals surface area contributed by atoms with Crippen molar-refractivity contribution in [1.29, 1.82) is 0 Å². The van der Waals surface area contributed by atoms with Crippen LogP contribution in [0.5, 0.6) is 0 Å². The fourth-order valence-electron chi connectivity index (χ4n) is 3.75. The normalized spacial score (nSPS) is 20.9. The smallest absolute Gasteiger partial charge is 0.222 e. The van der Waals surface area contributed by atoms with Gasteiger partial charge in [-0.15, -0.1) is 12.4 Å². The van der Waals surface area contributed by atoms with E-state index in [1.165, 1.54) is 12.0 Å². The first-order chi connectivity index (χ1) is 11.8. The summed E-state index contributed by atoms with van der Waals surface area (Å²) in [5.74, 6) is 1.58. The molecule has 0 saturated carbocycles. The van der Waals surface area contributed by atoms with Gasteiger partial charge in [-0.3, -0.25) is 4.79 Å². The third-order valence-electron chi connectivity index (χ3n) is 5.32. The van der Waals surface area contributed by atoms with Crippen molar-refractivity contribution in [3.63, 3.8) is 0 Å². The van der Waals surface area contributed by atoms with Crippen molar-refractivity contribution < 1.29 is 9.53 Å². The van der Waals surface area contributed by atoms with Crippen LogP contribution in [0.4, 0.5) is 0 Å². The van der Waals surface area contributed by atoms with Crippen LogP contribution in [0.25, 0.3) is 0 Å². The molecule has 1 atom stereocenters. The molecule has 2 aliphatic heterocycles. The van der Waals surface area contributed by atoms with Gasteiger partial charge in [-0.1, -0.05) is 30.3 Å². The molecule has 0 aliphatic carbocycles. The van der Waals surface area contributed by atoms with Crippen LogP contribution in [0.3, 0.4) is 0 Å². The third-order valence-corrected chi connectivity index (χ3v) is 5.32. The molecule has 1 N–H and O–H groups in total. The van der Waals surface area contributed by atoms with E-state index in [4.69, 9.17) is 4.74 Å². The maximum absolute atomic E-state index is 12.9. The highest BCUT2D eigenvalue weighted by molar-refractivity contribution is 5.85. The number of nitrogens with zero attached hydrogens (tertiary/aromatic N) is 1. The van der Waals surface area contributed by atoms with Crippen LogP contribution in [0.15, 0.2) is 30.3 Å². The number of halogens is 1. The average molecular weight is 367 g/mol. The zero-order chi connectivity index (χ0) is 16.6. The Morgan fingerprint density at radius 2 is 1.88 bits per heavy atom. The Morgan fingerprint density at radius 1 is 1.12 bits per heavy atom. The van der Waals surface area contributed by atoms with Gasteiger partial charge in [0.25, 0.3) is 0 Å². The molecule has 2 saturated heterocycles. The number of carbonyl (C=O) groups is 1. The number of hydrogen-bond donors (Lipinski definition) is 1. The summed E-state index contributed by atoms with van der Waals surface area (Å²) in [6.07, 6.45) is 5.06. The summed E-state index contributed by atoms with van der Waals surface area (Å²) >= 11 is 0. The molecule has 2 fully saturated rings. The molecule has 0 radical (unpaired) electrons. The molecule has 1 amide bonds. The maximum atomic E-state index is 12.9. The molecule has 25 heavy (non-hydrogen) atoms. The van der Waals surface area contributed by atoms with Crippen LogP contribution in [0.1, 0.15) is 37.7 Å². The predicted molar refractivity (Wildman–Crippen MR) is 103 cm³/mol. The first-order valence-electron chi connectivity index (χ1n) is 9.41. The Kier molecular flexibility index (Phi) is 8.73. The molecule has 2 heterocycles. The lowest BCUT2D eigenvalue weighted by atomic mass is 9.98. The van der Waals surface area contributed by atoms with Gasteiger partial charge >= 0.3 is 0 Å². The highest BCUT2D eigenvalue weighted by Gasteiger charge is 2.23. The number of amides is 1. The van der Waals surface area contributed by atoms with Crippen molar-refractivity contribution in [2.45, 2.75) is 38.6 Å². The zero-order valence-electron chi connectivity index (χ0n) is 15.0. The van der Waals surface area contributed by atoms with E-state index in [2.05, 4.69) is 34.5 Å². The molecule has 1 aromatic carbocycles. The number of benzene rings is 1. The van der Waals surface area contributed by atoms with Gasteiger partial charge in [-0.2, -0.15) is 0 Å². The van der Waals surface area contributed by atoms with Crippen molar-refractivity contribution >= 4 is 18.3 Å². The topological polar surface area (TPSA) is 41.6 Å². The number of rotatable bonds is 7. The summed E-state index contributed by atoms with van der Waals surface area (Å²) in [7, 11) is 0. The van der Waals surface area contributed by atoms with E-state index in [-0.39, 0.29) is 12.4 Å². The van der Waals surface area contributed by atoms with Crippen LogP contribution < -0.4 is 5.32 Å². The average Bonchev–Trinajstić information content (AvgIpc) is 3.14. The molecule has 1 unspecified atom stereocenters. The van der Waals surface area contributed by atoms with E-state index < -0.39 is 0 Å². The minimum Gasteiger partial charge on any atom is -0.381 e. The molecule has 2 aliphatic rings. The lowest BCUT2D eigenvalue weighted by Crippen LogP contribution is -2.37. The second-order valence-corrected chi connectivity index (χ2v) is 7.21. The lowest BCUT2D eigenvalue weighted by molar-refractivity contribution is -0.133. The molecule has 3 rings (SSSR count). The summed E-state index contributed by atoms with van der Waals surface area (Å²) in [5.41, 5.74) is 1.22. The summed E-state index contributed by atoms with van der Waals surface area (Å²) in [4.78, 5) is 14.9. The largest absolute Gasteiger partial charge is 0.381 e. The third kappa shape index (κ3) is 6.61. The second kappa shape index (κ2) is 10.8. The summed E-state index contributed by atoms with van der Waals surface area (Å²) < 4.78 is 5.46. The molecular formula is C20H31ClN2O2. The Labute approximate surface area is 157 Å². The summed E-state index contributed by atoms with van der Waals surface area (Å²) in [6.45, 7) is 5.47. The van der Waals surface area contributed by atoms with Gasteiger partial charge in [0.05, 0.1) is 0 Å². The van der Waals surface area contributed by atoms with Gasteiger partial charge < -0.3 is 15.0 Å². The molecular weight excluding hydrogens is 336 g/mol. The molecule has 0 aromatic heterocycles. The van der Waals surface area contributed by atoms with Crippen LogP contribution in [0, 0.1) is 11.8 Å². The van der Waals surface area contributed by atoms with E-state index in [1.54, 1.807) is 0 Å². The summed E-state index contributed by atoms with van der Waals surface area (Å²) in [5, 5.41) is 3.39. The number of ether oxygens (including phenoxy) is 1. The quantitative estimate of drug-likeness (QED) is 0.805. The van der Waals surface area contributed by atoms with Gasteiger partial charge in [-0.05, 0) is 56.2 Å². The van der Waals surface area contributed by atoms with Crippen LogP contribution in [-0.4, -0.2) is 43.7 Å². The number of nitrogens with one attached hydrogen (secondary N) is 1. The minimum absolute atomic E-state index is 0. The van der Waals surface area contributed by atoms with Gasteiger partial charge in [0, 0.05) is 32.7 Å². The van der Waals surface area contributed by atoms with Gasteiger partial charge in [0.15, 0.2) is 0 Å². The molecule has 140 valence electrons. The summed E-state index contributed by atoms with van der Waals surface area (Å²) in [6, 6.07) is 10.4. The highest BCUT2D eigenvalue weighted by atomic mass is 35.5. The van der Waals surface area contributed by atoms with Crippen LogP contribution in [-0.2, 0) is 16.1 Å². The second-order valence-electron chi connectivity index (χ2n) is 7.21. The van der Waals surface area contributed by atoms with Crippen LogP contribution in [0.2, 0.25) is 0 Å². The van der Waals surface area contributed by atoms with E-state index in [0.29, 0.717) is 24.2 Å². The van der Waals surface area contributed by atoms with Crippen molar-refractivity contribution in [3.05, 3.63) is 35.9 Å².